The largest absolute Gasteiger partial charge is 0.456 e. The van der Waals surface area contributed by atoms with Gasteiger partial charge in [0.1, 0.15) is 22.6 Å². The standard InChI is InChI=1S/C54H31N3O2S/c1-2-14-31(15-3-1)49-53-50(38-20-9-11-24-44(38)60-53)56-54(55-49)39-21-12-23-42-45(39)37-27-26-32(29-43(37)58-42)57-40-28-25-30-13-4-5-16-33(30)47(40)48-35-18-7-6-17-34(35)46-36-19-8-10-22-41(36)59-52(46)51(48)57/h1-29,50H,(H,55,56). The molecule has 0 aliphatic carbocycles. The summed E-state index contributed by atoms with van der Waals surface area (Å²) in [5, 5.41) is 15.4. The molecule has 2 aliphatic heterocycles. The summed E-state index contributed by atoms with van der Waals surface area (Å²) in [6.07, 6.45) is 0. The minimum atomic E-state index is 0.00600. The van der Waals surface area contributed by atoms with Gasteiger partial charge in [0.05, 0.1) is 28.5 Å². The smallest absolute Gasteiger partial charge is 0.160 e. The number of para-hydroxylation sites is 1. The van der Waals surface area contributed by atoms with Gasteiger partial charge in [-0.25, -0.2) is 4.99 Å². The Bertz CT molecular complexity index is 3910. The van der Waals surface area contributed by atoms with E-state index in [9.17, 15) is 0 Å². The third-order valence-corrected chi connectivity index (χ3v) is 13.9. The van der Waals surface area contributed by atoms with Gasteiger partial charge in [-0.15, -0.1) is 0 Å². The normalized spacial score (nSPS) is 15.3. The van der Waals surface area contributed by atoms with Gasteiger partial charge in [-0.1, -0.05) is 145 Å². The summed E-state index contributed by atoms with van der Waals surface area (Å²) in [6.45, 7) is 0. The molecule has 0 fully saturated rings. The molecule has 1 unspecified atom stereocenters. The predicted molar refractivity (Wildman–Crippen MR) is 248 cm³/mol. The molecule has 60 heavy (non-hydrogen) atoms. The lowest BCUT2D eigenvalue weighted by atomic mass is 9.97. The van der Waals surface area contributed by atoms with Gasteiger partial charge >= 0.3 is 0 Å². The van der Waals surface area contributed by atoms with Gasteiger partial charge in [-0.2, -0.15) is 0 Å². The Balaban J connectivity index is 1.03. The summed E-state index contributed by atoms with van der Waals surface area (Å²) in [7, 11) is 0. The Kier molecular flexibility index (Phi) is 6.49. The fourth-order valence-corrected chi connectivity index (χ4v) is 11.3. The number of aliphatic imine (C=N–C) groups is 1. The molecule has 0 radical (unpaired) electrons. The van der Waals surface area contributed by atoms with Crippen molar-refractivity contribution in [1.82, 2.24) is 9.88 Å². The molecule has 1 atom stereocenters. The molecule has 0 spiro atoms. The molecule has 0 amide bonds. The molecule has 14 rings (SSSR count). The molecule has 3 aromatic heterocycles. The number of aromatic nitrogens is 1. The molecule has 280 valence electrons. The van der Waals surface area contributed by atoms with Crippen molar-refractivity contribution in [2.24, 2.45) is 4.99 Å². The number of thioether (sulfide) groups is 1. The maximum absolute atomic E-state index is 6.92. The fourth-order valence-electron chi connectivity index (χ4n) is 10.1. The number of hydrogen-bond donors (Lipinski definition) is 1. The van der Waals surface area contributed by atoms with Crippen LogP contribution in [0.5, 0.6) is 0 Å². The zero-order chi connectivity index (χ0) is 39.1. The minimum absolute atomic E-state index is 0.00600. The number of hydrogen-bond acceptors (Lipinski definition) is 5. The van der Waals surface area contributed by atoms with E-state index >= 15 is 0 Å². The Morgan fingerprint density at radius 1 is 0.533 bits per heavy atom. The monoisotopic (exact) mass is 785 g/mol. The highest BCUT2D eigenvalue weighted by Gasteiger charge is 2.36. The highest BCUT2D eigenvalue weighted by atomic mass is 32.2. The molecular weight excluding hydrogens is 755 g/mol. The van der Waals surface area contributed by atoms with Crippen LogP contribution >= 0.6 is 11.8 Å². The zero-order valence-electron chi connectivity index (χ0n) is 31.9. The quantitative estimate of drug-likeness (QED) is 0.194. The number of nitrogens with zero attached hydrogens (tertiary/aromatic N) is 2. The number of furan rings is 2. The molecular formula is C54H31N3O2S. The number of rotatable bonds is 3. The van der Waals surface area contributed by atoms with E-state index < -0.39 is 0 Å². The highest BCUT2D eigenvalue weighted by molar-refractivity contribution is 8.03. The number of fused-ring (bicyclic) bond motifs is 18. The van der Waals surface area contributed by atoms with Crippen molar-refractivity contribution in [3.8, 4) is 5.69 Å². The Morgan fingerprint density at radius 2 is 1.27 bits per heavy atom. The van der Waals surface area contributed by atoms with E-state index in [1.54, 1.807) is 0 Å². The van der Waals surface area contributed by atoms with Gasteiger partial charge in [0.25, 0.3) is 0 Å². The lowest BCUT2D eigenvalue weighted by molar-refractivity contribution is 0.667. The van der Waals surface area contributed by atoms with Gasteiger partial charge < -0.3 is 18.7 Å². The molecule has 0 saturated heterocycles. The van der Waals surface area contributed by atoms with Crippen LogP contribution in [-0.2, 0) is 0 Å². The first-order chi connectivity index (χ1) is 29.8. The molecule has 1 N–H and O–H groups in total. The van der Waals surface area contributed by atoms with E-state index in [0.29, 0.717) is 0 Å². The van der Waals surface area contributed by atoms with E-state index in [1.807, 2.05) is 11.8 Å². The van der Waals surface area contributed by atoms with Crippen molar-refractivity contribution in [2.75, 3.05) is 0 Å². The van der Waals surface area contributed by atoms with E-state index in [4.69, 9.17) is 13.8 Å². The molecule has 2 aliphatic rings. The van der Waals surface area contributed by atoms with Crippen molar-refractivity contribution in [2.45, 2.75) is 10.9 Å². The summed E-state index contributed by atoms with van der Waals surface area (Å²) in [5.74, 6) is 0.839. The van der Waals surface area contributed by atoms with Crippen LogP contribution in [0.15, 0.2) is 200 Å². The minimum Gasteiger partial charge on any atom is -0.456 e. The maximum Gasteiger partial charge on any atom is 0.160 e. The van der Waals surface area contributed by atoms with Gasteiger partial charge in [0.2, 0.25) is 0 Å². The van der Waals surface area contributed by atoms with Crippen LogP contribution in [-0.4, -0.2) is 10.4 Å². The first-order valence-electron chi connectivity index (χ1n) is 20.3. The number of nitrogens with one attached hydrogen (secondary N) is 1. The molecule has 12 aromatic rings. The van der Waals surface area contributed by atoms with Crippen LogP contribution in [0, 0.1) is 0 Å². The molecule has 6 heteroatoms. The molecule has 5 nitrogen and oxygen atoms in total. The Hall–Kier alpha value is -7.54. The van der Waals surface area contributed by atoms with Crippen molar-refractivity contribution < 1.29 is 8.83 Å². The van der Waals surface area contributed by atoms with E-state index in [2.05, 4.69) is 186 Å². The van der Waals surface area contributed by atoms with E-state index in [-0.39, 0.29) is 6.04 Å². The zero-order valence-corrected chi connectivity index (χ0v) is 32.8. The number of benzene rings is 9. The first kappa shape index (κ1) is 32.4. The fraction of sp³-hybridized carbons (Fsp3) is 0.0185. The summed E-state index contributed by atoms with van der Waals surface area (Å²) in [4.78, 5) is 7.91. The van der Waals surface area contributed by atoms with Crippen molar-refractivity contribution >= 4 is 111 Å². The van der Waals surface area contributed by atoms with Gasteiger partial charge in [-0.3, -0.25) is 0 Å². The van der Waals surface area contributed by atoms with E-state index in [0.717, 1.165) is 83.3 Å². The van der Waals surface area contributed by atoms with Crippen molar-refractivity contribution in [3.05, 3.63) is 198 Å². The second-order valence-electron chi connectivity index (χ2n) is 15.8. The molecule has 5 heterocycles. The topological polar surface area (TPSA) is 55.6 Å². The summed E-state index contributed by atoms with van der Waals surface area (Å²) < 4.78 is 16.2. The highest BCUT2D eigenvalue weighted by Crippen LogP contribution is 2.53. The third-order valence-electron chi connectivity index (χ3n) is 12.6. The summed E-state index contributed by atoms with van der Waals surface area (Å²) in [5.41, 5.74) is 11.0. The summed E-state index contributed by atoms with van der Waals surface area (Å²) >= 11 is 1.81. The van der Waals surface area contributed by atoms with E-state index in [1.165, 1.54) is 47.7 Å². The van der Waals surface area contributed by atoms with Crippen LogP contribution in [0.3, 0.4) is 0 Å². The summed E-state index contributed by atoms with van der Waals surface area (Å²) in [6, 6.07) is 62.6. The van der Waals surface area contributed by atoms with Gasteiger partial charge in [-0.05, 0) is 63.5 Å². The number of amidine groups is 1. The second-order valence-corrected chi connectivity index (χ2v) is 16.9. The van der Waals surface area contributed by atoms with Gasteiger partial charge in [0.15, 0.2) is 5.58 Å². The lowest BCUT2D eigenvalue weighted by Gasteiger charge is -2.25. The second kappa shape index (κ2) is 12.0. The molecule has 0 saturated carbocycles. The SMILES string of the molecule is c1ccc(C2=C3Sc4ccccc4C3NC(c3cccc4oc5cc(-n6c7ccc8ccccc8c7c7c8ccccc8c8c9ccccc9oc8c76)ccc5c34)=N2)cc1. The van der Waals surface area contributed by atoms with Crippen LogP contribution in [0.4, 0.5) is 0 Å². The van der Waals surface area contributed by atoms with Gasteiger partial charge in [0, 0.05) is 59.3 Å². The molecule has 0 bridgehead atoms. The van der Waals surface area contributed by atoms with Crippen molar-refractivity contribution in [1.29, 1.82) is 0 Å². The predicted octanol–water partition coefficient (Wildman–Crippen LogP) is 14.5. The Labute approximate surface area is 346 Å². The van der Waals surface area contributed by atoms with Crippen molar-refractivity contribution in [3.63, 3.8) is 0 Å². The van der Waals surface area contributed by atoms with Crippen LogP contribution < -0.4 is 5.32 Å². The van der Waals surface area contributed by atoms with Crippen LogP contribution in [0.1, 0.15) is 22.7 Å². The lowest BCUT2D eigenvalue weighted by Crippen LogP contribution is -2.32. The van der Waals surface area contributed by atoms with Crippen LogP contribution in [0.2, 0.25) is 0 Å². The van der Waals surface area contributed by atoms with Crippen LogP contribution in [0.25, 0.3) is 98.6 Å². The maximum atomic E-state index is 6.92. The third kappa shape index (κ3) is 4.35. The average Bonchev–Trinajstić information content (AvgIpc) is 4.08. The molecule has 9 aromatic carbocycles. The Morgan fingerprint density at radius 3 is 2.17 bits per heavy atom. The first-order valence-corrected chi connectivity index (χ1v) is 21.1. The average molecular weight is 786 g/mol.